The fourth-order valence-electron chi connectivity index (χ4n) is 3.14. The number of ether oxygens (including phenoxy) is 2. The molecule has 2 heterocycles. The normalized spacial score (nSPS) is 16.7. The number of carbonyl (C=O) groups is 1. The standard InChI is InChI=1S/C19H25NO3/c1-13-5-6-15-12-17(14-7-9-22-10-8-14)20(16(15)11-13)18(21)23-19(2,3)4/h5-6,11-12,14H,7-10H2,1-4H3. The molecule has 1 aliphatic heterocycles. The Morgan fingerprint density at radius 2 is 1.91 bits per heavy atom. The monoisotopic (exact) mass is 315 g/mol. The summed E-state index contributed by atoms with van der Waals surface area (Å²) in [6.07, 6.45) is 1.59. The van der Waals surface area contributed by atoms with Crippen molar-refractivity contribution in [1.29, 1.82) is 0 Å². The third kappa shape index (κ3) is 3.42. The van der Waals surface area contributed by atoms with Gasteiger partial charge in [-0.1, -0.05) is 12.1 Å². The molecule has 0 radical (unpaired) electrons. The highest BCUT2D eigenvalue weighted by Gasteiger charge is 2.27. The maximum Gasteiger partial charge on any atom is 0.419 e. The van der Waals surface area contributed by atoms with E-state index in [0.717, 1.165) is 48.2 Å². The SMILES string of the molecule is Cc1ccc2cc(C3CCOCC3)n(C(=O)OC(C)(C)C)c2c1. The molecule has 0 aliphatic carbocycles. The first-order valence-electron chi connectivity index (χ1n) is 8.28. The van der Waals surface area contributed by atoms with Crippen LogP contribution >= 0.6 is 0 Å². The summed E-state index contributed by atoms with van der Waals surface area (Å²) in [4.78, 5) is 12.8. The van der Waals surface area contributed by atoms with E-state index in [9.17, 15) is 4.79 Å². The second-order valence-electron chi connectivity index (χ2n) is 7.33. The quantitative estimate of drug-likeness (QED) is 0.770. The molecular weight excluding hydrogens is 290 g/mol. The van der Waals surface area contributed by atoms with Crippen LogP contribution in [0.2, 0.25) is 0 Å². The highest BCUT2D eigenvalue weighted by molar-refractivity contribution is 5.91. The fourth-order valence-corrected chi connectivity index (χ4v) is 3.14. The molecule has 0 unspecified atom stereocenters. The summed E-state index contributed by atoms with van der Waals surface area (Å²) in [7, 11) is 0. The van der Waals surface area contributed by atoms with Gasteiger partial charge in [-0.3, -0.25) is 0 Å². The minimum atomic E-state index is -0.509. The molecule has 23 heavy (non-hydrogen) atoms. The van der Waals surface area contributed by atoms with Crippen LogP contribution in [0.4, 0.5) is 4.79 Å². The van der Waals surface area contributed by atoms with E-state index < -0.39 is 5.60 Å². The van der Waals surface area contributed by atoms with Gasteiger partial charge in [0.25, 0.3) is 0 Å². The number of nitrogens with zero attached hydrogens (tertiary/aromatic N) is 1. The lowest BCUT2D eigenvalue weighted by atomic mass is 9.96. The lowest BCUT2D eigenvalue weighted by Crippen LogP contribution is -2.29. The van der Waals surface area contributed by atoms with Gasteiger partial charge in [-0.2, -0.15) is 0 Å². The van der Waals surface area contributed by atoms with E-state index in [4.69, 9.17) is 9.47 Å². The van der Waals surface area contributed by atoms with Crippen LogP contribution in [0.3, 0.4) is 0 Å². The highest BCUT2D eigenvalue weighted by atomic mass is 16.6. The summed E-state index contributed by atoms with van der Waals surface area (Å²) in [5.74, 6) is 0.337. The summed E-state index contributed by atoms with van der Waals surface area (Å²) < 4.78 is 12.9. The van der Waals surface area contributed by atoms with Crippen LogP contribution in [-0.4, -0.2) is 29.5 Å². The topological polar surface area (TPSA) is 40.5 Å². The van der Waals surface area contributed by atoms with Crippen LogP contribution < -0.4 is 0 Å². The van der Waals surface area contributed by atoms with E-state index in [1.54, 1.807) is 4.57 Å². The van der Waals surface area contributed by atoms with Crippen LogP contribution in [0.1, 0.15) is 50.8 Å². The molecule has 1 aromatic carbocycles. The molecule has 4 heteroatoms. The number of fused-ring (bicyclic) bond motifs is 1. The van der Waals surface area contributed by atoms with Crippen LogP contribution in [0, 0.1) is 6.92 Å². The average Bonchev–Trinajstić information content (AvgIpc) is 2.85. The predicted octanol–water partition coefficient (Wildman–Crippen LogP) is 4.63. The van der Waals surface area contributed by atoms with Gasteiger partial charge in [0, 0.05) is 30.2 Å². The summed E-state index contributed by atoms with van der Waals surface area (Å²) in [6.45, 7) is 9.24. The minimum Gasteiger partial charge on any atom is -0.443 e. The molecule has 0 amide bonds. The van der Waals surface area contributed by atoms with Gasteiger partial charge in [0.15, 0.2) is 0 Å². The Morgan fingerprint density at radius 1 is 1.22 bits per heavy atom. The summed E-state index contributed by atoms with van der Waals surface area (Å²) in [5, 5.41) is 1.09. The largest absolute Gasteiger partial charge is 0.443 e. The molecule has 2 aromatic rings. The van der Waals surface area contributed by atoms with Crippen molar-refractivity contribution >= 4 is 17.0 Å². The predicted molar refractivity (Wildman–Crippen MR) is 91.1 cm³/mol. The average molecular weight is 315 g/mol. The lowest BCUT2D eigenvalue weighted by molar-refractivity contribution is 0.0523. The van der Waals surface area contributed by atoms with E-state index in [0.29, 0.717) is 5.92 Å². The Bertz CT molecular complexity index is 718. The smallest absolute Gasteiger partial charge is 0.419 e. The van der Waals surface area contributed by atoms with E-state index >= 15 is 0 Å². The number of benzene rings is 1. The van der Waals surface area contributed by atoms with E-state index in [2.05, 4.69) is 24.3 Å². The van der Waals surface area contributed by atoms with Crippen molar-refractivity contribution in [2.75, 3.05) is 13.2 Å². The number of hydrogen-bond acceptors (Lipinski definition) is 3. The van der Waals surface area contributed by atoms with E-state index in [1.165, 1.54) is 0 Å². The Labute approximate surface area is 137 Å². The lowest BCUT2D eigenvalue weighted by Gasteiger charge is -2.25. The van der Waals surface area contributed by atoms with Gasteiger partial charge in [0.05, 0.1) is 5.52 Å². The van der Waals surface area contributed by atoms with E-state index in [1.807, 2.05) is 27.7 Å². The van der Waals surface area contributed by atoms with Crippen molar-refractivity contribution in [2.45, 2.75) is 52.1 Å². The van der Waals surface area contributed by atoms with Gasteiger partial charge in [-0.25, -0.2) is 9.36 Å². The van der Waals surface area contributed by atoms with Gasteiger partial charge in [-0.05, 0) is 58.2 Å². The van der Waals surface area contributed by atoms with Gasteiger partial charge in [0.1, 0.15) is 5.60 Å². The number of aryl methyl sites for hydroxylation is 1. The molecule has 0 saturated carbocycles. The molecule has 1 saturated heterocycles. The fraction of sp³-hybridized carbons (Fsp3) is 0.526. The van der Waals surface area contributed by atoms with Gasteiger partial charge < -0.3 is 9.47 Å². The van der Waals surface area contributed by atoms with Gasteiger partial charge >= 0.3 is 6.09 Å². The maximum absolute atomic E-state index is 12.8. The molecule has 124 valence electrons. The number of rotatable bonds is 1. The molecule has 0 bridgehead atoms. The van der Waals surface area contributed by atoms with Gasteiger partial charge in [0.2, 0.25) is 0 Å². The minimum absolute atomic E-state index is 0.292. The molecule has 1 aliphatic rings. The van der Waals surface area contributed by atoms with Crippen LogP contribution in [0.15, 0.2) is 24.3 Å². The van der Waals surface area contributed by atoms with Crippen LogP contribution in [0.5, 0.6) is 0 Å². The van der Waals surface area contributed by atoms with Crippen molar-refractivity contribution in [3.05, 3.63) is 35.5 Å². The number of hydrogen-bond donors (Lipinski definition) is 0. The molecule has 4 nitrogen and oxygen atoms in total. The molecule has 1 fully saturated rings. The van der Waals surface area contributed by atoms with Crippen molar-refractivity contribution in [1.82, 2.24) is 4.57 Å². The summed E-state index contributed by atoms with van der Waals surface area (Å²) >= 11 is 0. The highest BCUT2D eigenvalue weighted by Crippen LogP contribution is 2.33. The molecule has 0 N–H and O–H groups in total. The first kappa shape index (κ1) is 16.1. The first-order valence-corrected chi connectivity index (χ1v) is 8.28. The van der Waals surface area contributed by atoms with Gasteiger partial charge in [-0.15, -0.1) is 0 Å². The number of carbonyl (C=O) groups excluding carboxylic acids is 1. The molecule has 0 spiro atoms. The third-order valence-electron chi connectivity index (χ3n) is 4.20. The maximum atomic E-state index is 12.8. The van der Waals surface area contributed by atoms with Crippen molar-refractivity contribution in [3.63, 3.8) is 0 Å². The van der Waals surface area contributed by atoms with E-state index in [-0.39, 0.29) is 6.09 Å². The molecular formula is C19H25NO3. The number of aromatic nitrogens is 1. The zero-order chi connectivity index (χ0) is 16.6. The Morgan fingerprint density at radius 3 is 2.57 bits per heavy atom. The van der Waals surface area contributed by atoms with Crippen molar-refractivity contribution in [3.8, 4) is 0 Å². The van der Waals surface area contributed by atoms with Crippen molar-refractivity contribution < 1.29 is 14.3 Å². The summed E-state index contributed by atoms with van der Waals surface area (Å²) in [5.41, 5.74) is 2.60. The molecule has 0 atom stereocenters. The van der Waals surface area contributed by atoms with Crippen LogP contribution in [-0.2, 0) is 9.47 Å². The second kappa shape index (κ2) is 6.00. The zero-order valence-electron chi connectivity index (χ0n) is 14.4. The zero-order valence-corrected chi connectivity index (χ0v) is 14.4. The molecule has 3 rings (SSSR count). The van der Waals surface area contributed by atoms with Crippen LogP contribution in [0.25, 0.3) is 10.9 Å². The Kier molecular flexibility index (Phi) is 4.19. The Hall–Kier alpha value is -1.81. The summed E-state index contributed by atoms with van der Waals surface area (Å²) in [6, 6.07) is 8.35. The Balaban J connectivity index is 2.10. The molecule has 1 aromatic heterocycles. The first-order chi connectivity index (χ1) is 10.8. The second-order valence-corrected chi connectivity index (χ2v) is 7.33. The van der Waals surface area contributed by atoms with Crippen molar-refractivity contribution in [2.24, 2.45) is 0 Å². The third-order valence-corrected chi connectivity index (χ3v) is 4.20.